The van der Waals surface area contributed by atoms with E-state index in [9.17, 15) is 9.59 Å². The van der Waals surface area contributed by atoms with Gasteiger partial charge in [-0.3, -0.25) is 9.59 Å². The van der Waals surface area contributed by atoms with Crippen LogP contribution >= 0.6 is 11.3 Å². The smallest absolute Gasteiger partial charge is 0.268 e. The minimum absolute atomic E-state index is 0.160. The average Bonchev–Trinajstić information content (AvgIpc) is 3.30. The summed E-state index contributed by atoms with van der Waals surface area (Å²) in [5.41, 5.74) is 1.42. The second-order valence-corrected chi connectivity index (χ2v) is 7.23. The number of carbonyl (C=O) groups excluding carboxylic acids is 2. The van der Waals surface area contributed by atoms with Crippen LogP contribution in [0.25, 0.3) is 6.08 Å². The molecule has 6 nitrogen and oxygen atoms in total. The van der Waals surface area contributed by atoms with Crippen LogP contribution in [0.15, 0.2) is 71.7 Å². The molecule has 2 N–H and O–H groups in total. The van der Waals surface area contributed by atoms with Gasteiger partial charge in [-0.25, -0.2) is 0 Å². The van der Waals surface area contributed by atoms with Crippen LogP contribution in [0.5, 0.6) is 11.5 Å². The van der Waals surface area contributed by atoms with E-state index >= 15 is 0 Å². The van der Waals surface area contributed by atoms with E-state index in [1.807, 2.05) is 41.8 Å². The highest BCUT2D eigenvalue weighted by Gasteiger charge is 2.15. The van der Waals surface area contributed by atoms with Crippen LogP contribution in [0.4, 0.5) is 0 Å². The van der Waals surface area contributed by atoms with Crippen molar-refractivity contribution < 1.29 is 19.1 Å². The van der Waals surface area contributed by atoms with Gasteiger partial charge in [-0.15, -0.1) is 11.3 Å². The predicted molar refractivity (Wildman–Crippen MR) is 118 cm³/mol. The van der Waals surface area contributed by atoms with Crippen LogP contribution in [0.2, 0.25) is 0 Å². The Balaban J connectivity index is 1.76. The van der Waals surface area contributed by atoms with Crippen LogP contribution < -0.4 is 20.1 Å². The molecule has 3 aromatic rings. The first kappa shape index (κ1) is 21.1. The number of thiophene rings is 1. The molecule has 0 radical (unpaired) electrons. The van der Waals surface area contributed by atoms with E-state index in [1.54, 1.807) is 44.6 Å². The maximum Gasteiger partial charge on any atom is 0.268 e. The molecule has 0 saturated heterocycles. The molecule has 0 aliphatic rings. The minimum atomic E-state index is -0.392. The zero-order valence-corrected chi connectivity index (χ0v) is 17.5. The first-order valence-corrected chi connectivity index (χ1v) is 10.1. The lowest BCUT2D eigenvalue weighted by Gasteiger charge is -2.13. The molecule has 0 saturated carbocycles. The van der Waals surface area contributed by atoms with Gasteiger partial charge >= 0.3 is 0 Å². The highest BCUT2D eigenvalue weighted by atomic mass is 32.1. The van der Waals surface area contributed by atoms with Crippen molar-refractivity contribution in [2.24, 2.45) is 0 Å². The summed E-state index contributed by atoms with van der Waals surface area (Å²) in [7, 11) is 3.14. The first-order chi connectivity index (χ1) is 14.6. The molecule has 1 aromatic heterocycles. The van der Waals surface area contributed by atoms with Gasteiger partial charge in [0.25, 0.3) is 11.8 Å². The number of rotatable bonds is 8. The Kier molecular flexibility index (Phi) is 7.24. The number of benzene rings is 2. The normalized spacial score (nSPS) is 10.9. The second kappa shape index (κ2) is 10.3. The summed E-state index contributed by atoms with van der Waals surface area (Å²) < 4.78 is 10.4. The summed E-state index contributed by atoms with van der Waals surface area (Å²) >= 11 is 1.47. The molecule has 0 atom stereocenters. The van der Waals surface area contributed by atoms with Crippen molar-refractivity contribution >= 4 is 29.2 Å². The van der Waals surface area contributed by atoms with Crippen molar-refractivity contribution in [1.29, 1.82) is 0 Å². The quantitative estimate of drug-likeness (QED) is 0.541. The van der Waals surface area contributed by atoms with E-state index in [0.717, 1.165) is 10.4 Å². The maximum atomic E-state index is 12.9. The molecule has 0 aliphatic heterocycles. The van der Waals surface area contributed by atoms with Crippen molar-refractivity contribution in [2.75, 3.05) is 14.2 Å². The average molecular weight is 423 g/mol. The summed E-state index contributed by atoms with van der Waals surface area (Å²) in [5.74, 6) is 0.559. The molecule has 30 heavy (non-hydrogen) atoms. The highest BCUT2D eigenvalue weighted by molar-refractivity contribution is 7.10. The number of carbonyl (C=O) groups is 2. The molecule has 0 fully saturated rings. The van der Waals surface area contributed by atoms with Gasteiger partial charge in [0.15, 0.2) is 0 Å². The van der Waals surface area contributed by atoms with Crippen molar-refractivity contribution in [2.45, 2.75) is 6.54 Å². The summed E-state index contributed by atoms with van der Waals surface area (Å²) in [6.45, 7) is 0.267. The Hall–Kier alpha value is -3.58. The van der Waals surface area contributed by atoms with Crippen LogP contribution in [0.3, 0.4) is 0 Å². The van der Waals surface area contributed by atoms with Crippen molar-refractivity contribution in [3.8, 4) is 11.5 Å². The molecule has 0 bridgehead atoms. The zero-order valence-electron chi connectivity index (χ0n) is 16.7. The standard InChI is InChI=1S/C23H22N2O4S/c1-28-18-11-9-16(10-12-18)22(26)25-20(14-19-7-5-13-30-19)23(27)24-15-17-6-3-4-8-21(17)29-2/h3-14H,15H2,1-2H3,(H,24,27)(H,25,26)/b20-14-. The second-order valence-electron chi connectivity index (χ2n) is 6.25. The number of nitrogens with one attached hydrogen (secondary N) is 2. The Morgan fingerprint density at radius 2 is 1.73 bits per heavy atom. The monoisotopic (exact) mass is 422 g/mol. The molecule has 0 unspecified atom stereocenters. The number of ether oxygens (including phenoxy) is 2. The fraction of sp³-hybridized carbons (Fsp3) is 0.130. The van der Waals surface area contributed by atoms with Crippen molar-refractivity contribution in [1.82, 2.24) is 10.6 Å². The van der Waals surface area contributed by atoms with Crippen LogP contribution in [-0.2, 0) is 11.3 Å². The van der Waals surface area contributed by atoms with Gasteiger partial charge in [0, 0.05) is 22.5 Å². The number of hydrogen-bond acceptors (Lipinski definition) is 5. The Labute approximate surface area is 179 Å². The largest absolute Gasteiger partial charge is 0.497 e. The number of para-hydroxylation sites is 1. The van der Waals surface area contributed by atoms with Gasteiger partial charge in [-0.1, -0.05) is 24.3 Å². The molecular weight excluding hydrogens is 400 g/mol. The molecule has 7 heteroatoms. The number of hydrogen-bond donors (Lipinski definition) is 2. The molecule has 2 aromatic carbocycles. The lowest BCUT2D eigenvalue weighted by atomic mass is 10.2. The Morgan fingerprint density at radius 3 is 2.40 bits per heavy atom. The van der Waals surface area contributed by atoms with Gasteiger partial charge < -0.3 is 20.1 Å². The molecule has 1 heterocycles. The van der Waals surface area contributed by atoms with E-state index in [2.05, 4.69) is 10.6 Å². The summed E-state index contributed by atoms with van der Waals surface area (Å²) in [6, 6.07) is 17.9. The SMILES string of the molecule is COc1ccc(C(=O)N/C(=C\c2cccs2)C(=O)NCc2ccccc2OC)cc1. The van der Waals surface area contributed by atoms with Crippen LogP contribution in [-0.4, -0.2) is 26.0 Å². The third kappa shape index (κ3) is 5.48. The van der Waals surface area contributed by atoms with Gasteiger partial charge in [-0.05, 0) is 47.9 Å². The summed E-state index contributed by atoms with van der Waals surface area (Å²) in [4.78, 5) is 26.4. The Bertz CT molecular complexity index is 1030. The first-order valence-electron chi connectivity index (χ1n) is 9.21. The van der Waals surface area contributed by atoms with Crippen LogP contribution in [0.1, 0.15) is 20.8 Å². The fourth-order valence-corrected chi connectivity index (χ4v) is 3.39. The van der Waals surface area contributed by atoms with E-state index in [-0.39, 0.29) is 18.1 Å². The molecule has 3 rings (SSSR count). The summed E-state index contributed by atoms with van der Waals surface area (Å²) in [5, 5.41) is 7.47. The van der Waals surface area contributed by atoms with Crippen molar-refractivity contribution in [3.05, 3.63) is 87.7 Å². The topological polar surface area (TPSA) is 76.7 Å². The van der Waals surface area contributed by atoms with Gasteiger partial charge in [0.05, 0.1) is 14.2 Å². The van der Waals surface area contributed by atoms with E-state index < -0.39 is 5.91 Å². The molecule has 0 spiro atoms. The highest BCUT2D eigenvalue weighted by Crippen LogP contribution is 2.18. The third-order valence-electron chi connectivity index (χ3n) is 4.31. The van der Waals surface area contributed by atoms with Crippen LogP contribution in [0, 0.1) is 0 Å². The van der Waals surface area contributed by atoms with E-state index in [4.69, 9.17) is 9.47 Å². The molecule has 0 aliphatic carbocycles. The van der Waals surface area contributed by atoms with E-state index in [1.165, 1.54) is 11.3 Å². The maximum absolute atomic E-state index is 12.9. The summed E-state index contributed by atoms with van der Waals surface area (Å²) in [6.07, 6.45) is 1.66. The fourth-order valence-electron chi connectivity index (χ4n) is 2.73. The molecular formula is C23H22N2O4S. The lowest BCUT2D eigenvalue weighted by Crippen LogP contribution is -2.34. The van der Waals surface area contributed by atoms with Gasteiger partial charge in [0.1, 0.15) is 17.2 Å². The third-order valence-corrected chi connectivity index (χ3v) is 5.13. The Morgan fingerprint density at radius 1 is 0.967 bits per heavy atom. The number of amides is 2. The van der Waals surface area contributed by atoms with Crippen molar-refractivity contribution in [3.63, 3.8) is 0 Å². The van der Waals surface area contributed by atoms with Gasteiger partial charge in [-0.2, -0.15) is 0 Å². The zero-order chi connectivity index (χ0) is 21.3. The number of methoxy groups -OCH3 is 2. The molecule has 2 amide bonds. The van der Waals surface area contributed by atoms with E-state index in [0.29, 0.717) is 17.1 Å². The molecule has 154 valence electrons. The minimum Gasteiger partial charge on any atom is -0.497 e. The van der Waals surface area contributed by atoms with Gasteiger partial charge in [0.2, 0.25) is 0 Å². The lowest BCUT2D eigenvalue weighted by molar-refractivity contribution is -0.117. The predicted octanol–water partition coefficient (Wildman–Crippen LogP) is 3.85.